The third-order valence-electron chi connectivity index (χ3n) is 10.2. The normalized spacial score (nSPS) is 12.8. The molecule has 244 valence electrons. The Morgan fingerprint density at radius 2 is 0.915 bits per heavy atom. The molecule has 8 aromatic rings. The fourth-order valence-electron chi connectivity index (χ4n) is 7.98. The molecule has 1 aromatic carbocycles. The molecule has 0 fully saturated rings. The molecule has 8 rings (SSSR count). The molecule has 0 aliphatic rings. The van der Waals surface area contributed by atoms with Crippen molar-refractivity contribution in [3.63, 3.8) is 0 Å². The Balaban J connectivity index is 1.45. The van der Waals surface area contributed by atoms with Gasteiger partial charge in [-0.2, -0.15) is 0 Å². The van der Waals surface area contributed by atoms with Gasteiger partial charge in [0.15, 0.2) is 0 Å². The molecule has 9 heteroatoms. The van der Waals surface area contributed by atoms with Crippen molar-refractivity contribution >= 4 is 128 Å². The number of aryl methyl sites for hydroxylation is 2. The number of pyridine rings is 2. The molecule has 0 unspecified atom stereocenters. The van der Waals surface area contributed by atoms with Crippen LogP contribution >= 0.6 is 65.9 Å². The first-order valence-electron chi connectivity index (χ1n) is 17.3. The summed E-state index contributed by atoms with van der Waals surface area (Å²) in [5, 5.41) is 3.78. The van der Waals surface area contributed by atoms with Gasteiger partial charge in [0.05, 0.1) is 59.2 Å². The van der Waals surface area contributed by atoms with Crippen LogP contribution in [0.1, 0.15) is 102 Å². The first-order valence-corrected chi connectivity index (χ1v) is 21.3. The van der Waals surface area contributed by atoms with Crippen LogP contribution in [0, 0.1) is 0 Å². The van der Waals surface area contributed by atoms with Crippen LogP contribution in [0.15, 0.2) is 41.4 Å². The van der Waals surface area contributed by atoms with Gasteiger partial charge in [-0.25, -0.2) is 0 Å². The van der Waals surface area contributed by atoms with Crippen LogP contribution in [0.3, 0.4) is 0 Å². The maximum atomic E-state index is 14.9. The lowest BCUT2D eigenvalue weighted by Gasteiger charge is -2.17. The minimum absolute atomic E-state index is 0.0761. The summed E-state index contributed by atoms with van der Waals surface area (Å²) in [5.74, 6) is 0. The third kappa shape index (κ3) is 5.20. The summed E-state index contributed by atoms with van der Waals surface area (Å²) >= 11 is 12.5. The van der Waals surface area contributed by atoms with E-state index in [9.17, 15) is 9.59 Å². The Morgan fingerprint density at radius 1 is 0.511 bits per heavy atom. The van der Waals surface area contributed by atoms with Crippen LogP contribution in [-0.2, 0) is 12.8 Å². The maximum absolute atomic E-state index is 14.9. The van der Waals surface area contributed by atoms with Crippen molar-refractivity contribution in [1.82, 2.24) is 8.80 Å². The second-order valence-corrected chi connectivity index (χ2v) is 19.1. The minimum atomic E-state index is 0.0761. The molecular formula is C38H38Br2N2O2S3. The number of hydrogen-bond donors (Lipinski definition) is 0. The average molecular weight is 811 g/mol. The lowest BCUT2D eigenvalue weighted by Crippen LogP contribution is -2.19. The van der Waals surface area contributed by atoms with Crippen molar-refractivity contribution in [2.45, 2.75) is 104 Å². The predicted molar refractivity (Wildman–Crippen MR) is 214 cm³/mol. The standard InChI is InChI=1S/C38H38Br2N2O2S3/c1-3-5-7-9-11-13-15-21-22(16-14-12-10-8-6-4-2)32-34-33-31(21)37(43)41-23-19-29(39)45-27(23)17-25(41)35(33)47-36(34)26-18-28-24(20-30(40)46-28)42(26)38(32)44/h17-20H,3-16H2,1-2H3. The monoisotopic (exact) mass is 808 g/mol. The van der Waals surface area contributed by atoms with Gasteiger partial charge in [0.25, 0.3) is 11.1 Å². The summed E-state index contributed by atoms with van der Waals surface area (Å²) in [7, 11) is 0. The SMILES string of the molecule is CCCCCCCCc1c(CCCCCCCC)c2c(=O)n3c4cc(Br)sc4cc3c3sc4c(c1c(=O)n1c5cc(Br)sc5cc41)c23. The molecule has 0 spiro atoms. The molecule has 0 saturated carbocycles. The van der Waals surface area contributed by atoms with E-state index in [4.69, 9.17) is 0 Å². The van der Waals surface area contributed by atoms with Crippen LogP contribution in [0.25, 0.3) is 62.4 Å². The Kier molecular flexibility index (Phi) is 8.91. The lowest BCUT2D eigenvalue weighted by atomic mass is 9.87. The van der Waals surface area contributed by atoms with Gasteiger partial charge in [0, 0.05) is 10.8 Å². The molecule has 4 nitrogen and oxygen atoms in total. The molecule has 0 atom stereocenters. The fraction of sp³-hybridized carbons (Fsp3) is 0.421. The Labute approximate surface area is 302 Å². The minimum Gasteiger partial charge on any atom is -0.274 e. The largest absolute Gasteiger partial charge is 0.274 e. The quantitative estimate of drug-likeness (QED) is 0.0811. The van der Waals surface area contributed by atoms with E-state index in [-0.39, 0.29) is 11.1 Å². The molecule has 0 aliphatic heterocycles. The first-order chi connectivity index (χ1) is 22.9. The predicted octanol–water partition coefficient (Wildman–Crippen LogP) is 13.1. The Bertz CT molecular complexity index is 2360. The highest BCUT2D eigenvalue weighted by molar-refractivity contribution is 9.11. The molecule has 7 heterocycles. The molecule has 0 saturated heterocycles. The number of unbranched alkanes of at least 4 members (excludes halogenated alkanes) is 10. The summed E-state index contributed by atoms with van der Waals surface area (Å²) in [4.78, 5) is 29.9. The maximum Gasteiger partial charge on any atom is 0.263 e. The molecule has 0 radical (unpaired) electrons. The molecule has 0 N–H and O–H groups in total. The van der Waals surface area contributed by atoms with E-state index in [1.807, 2.05) is 8.80 Å². The zero-order chi connectivity index (χ0) is 32.4. The van der Waals surface area contributed by atoms with Crippen molar-refractivity contribution in [3.8, 4) is 0 Å². The summed E-state index contributed by atoms with van der Waals surface area (Å²) < 4.78 is 10.5. The van der Waals surface area contributed by atoms with E-state index in [0.29, 0.717) is 0 Å². The third-order valence-corrected chi connectivity index (χ3v) is 14.5. The zero-order valence-electron chi connectivity index (χ0n) is 26.9. The number of aromatic nitrogens is 2. The Hall–Kier alpha value is -2.04. The second kappa shape index (κ2) is 13.0. The molecule has 47 heavy (non-hydrogen) atoms. The smallest absolute Gasteiger partial charge is 0.263 e. The van der Waals surface area contributed by atoms with E-state index >= 15 is 0 Å². The molecule has 0 aliphatic carbocycles. The van der Waals surface area contributed by atoms with Crippen molar-refractivity contribution in [2.24, 2.45) is 0 Å². The lowest BCUT2D eigenvalue weighted by molar-refractivity contribution is 0.600. The molecular weight excluding hydrogens is 772 g/mol. The van der Waals surface area contributed by atoms with Crippen LogP contribution in [0.2, 0.25) is 0 Å². The van der Waals surface area contributed by atoms with Crippen molar-refractivity contribution in [1.29, 1.82) is 0 Å². The van der Waals surface area contributed by atoms with Crippen molar-refractivity contribution in [2.75, 3.05) is 0 Å². The second-order valence-electron chi connectivity index (χ2n) is 13.2. The van der Waals surface area contributed by atoms with E-state index in [2.05, 4.69) is 70.0 Å². The highest BCUT2D eigenvalue weighted by Gasteiger charge is 2.29. The van der Waals surface area contributed by atoms with Gasteiger partial charge < -0.3 is 0 Å². The number of nitrogens with zero attached hydrogens (tertiary/aromatic N) is 2. The highest BCUT2D eigenvalue weighted by atomic mass is 79.9. The van der Waals surface area contributed by atoms with Gasteiger partial charge in [0.1, 0.15) is 0 Å². The summed E-state index contributed by atoms with van der Waals surface area (Å²) in [5.41, 5.74) is 6.31. The van der Waals surface area contributed by atoms with Gasteiger partial charge in [0.2, 0.25) is 0 Å². The molecule has 7 aromatic heterocycles. The van der Waals surface area contributed by atoms with Crippen LogP contribution in [-0.4, -0.2) is 8.80 Å². The number of hydrogen-bond acceptors (Lipinski definition) is 5. The summed E-state index contributed by atoms with van der Waals surface area (Å²) in [6.07, 6.45) is 16.0. The van der Waals surface area contributed by atoms with Crippen LogP contribution in [0.4, 0.5) is 0 Å². The van der Waals surface area contributed by atoms with E-state index < -0.39 is 0 Å². The van der Waals surface area contributed by atoms with E-state index in [1.165, 1.54) is 51.4 Å². The fourth-order valence-corrected chi connectivity index (χ4v) is 12.4. The van der Waals surface area contributed by atoms with E-state index in [1.54, 1.807) is 34.0 Å². The number of thiophene rings is 3. The van der Waals surface area contributed by atoms with Crippen LogP contribution < -0.4 is 11.1 Å². The zero-order valence-corrected chi connectivity index (χ0v) is 32.5. The Morgan fingerprint density at radius 3 is 1.34 bits per heavy atom. The number of halogens is 2. The first kappa shape index (κ1) is 32.2. The van der Waals surface area contributed by atoms with Gasteiger partial charge in [-0.15, -0.1) is 34.0 Å². The van der Waals surface area contributed by atoms with E-state index in [0.717, 1.165) is 120 Å². The molecule has 0 bridgehead atoms. The van der Waals surface area contributed by atoms with Gasteiger partial charge in [-0.3, -0.25) is 18.4 Å². The average Bonchev–Trinajstić information content (AvgIpc) is 3.84. The summed E-state index contributed by atoms with van der Waals surface area (Å²) in [6, 6.07) is 8.56. The van der Waals surface area contributed by atoms with Gasteiger partial charge in [-0.1, -0.05) is 78.1 Å². The van der Waals surface area contributed by atoms with Crippen molar-refractivity contribution in [3.05, 3.63) is 63.7 Å². The summed E-state index contributed by atoms with van der Waals surface area (Å²) in [6.45, 7) is 4.51. The number of fused-ring (bicyclic) bond motifs is 8. The topological polar surface area (TPSA) is 43.0 Å². The highest BCUT2D eigenvalue weighted by Crippen LogP contribution is 2.48. The van der Waals surface area contributed by atoms with Crippen molar-refractivity contribution < 1.29 is 0 Å². The number of rotatable bonds is 14. The number of benzene rings is 1. The van der Waals surface area contributed by atoms with Gasteiger partial charge in [-0.05, 0) is 92.9 Å². The molecule has 0 amide bonds. The van der Waals surface area contributed by atoms with Gasteiger partial charge >= 0.3 is 0 Å². The van der Waals surface area contributed by atoms with Crippen LogP contribution in [0.5, 0.6) is 0 Å².